The summed E-state index contributed by atoms with van der Waals surface area (Å²) in [6, 6.07) is 2.23. The number of carbonyl (C=O) groups is 2. The smallest absolute Gasteiger partial charge is 0.325 e. The molecule has 0 radical (unpaired) electrons. The Bertz CT molecular complexity index is 764. The number of aliphatic hydroxyl groups excluding tert-OH is 1. The second-order valence-corrected chi connectivity index (χ2v) is 8.11. The average Bonchev–Trinajstić information content (AvgIpc) is 3.04. The van der Waals surface area contributed by atoms with Crippen molar-refractivity contribution in [2.75, 3.05) is 20.3 Å². The molecule has 2 atom stereocenters. The maximum atomic E-state index is 14.1. The molecule has 1 aliphatic heterocycles. The molecule has 0 spiro atoms. The van der Waals surface area contributed by atoms with Gasteiger partial charge in [-0.1, -0.05) is 6.07 Å². The number of carbonyl (C=O) groups excluding carboxylic acids is 2. The van der Waals surface area contributed by atoms with Crippen molar-refractivity contribution < 1.29 is 28.9 Å². The van der Waals surface area contributed by atoms with Gasteiger partial charge in [-0.2, -0.15) is 0 Å². The molecule has 8 heteroatoms. The number of nitrogens with one attached hydrogen (secondary N) is 1. The predicted molar refractivity (Wildman–Crippen MR) is 104 cm³/mol. The maximum Gasteiger partial charge on any atom is 0.325 e. The monoisotopic (exact) mass is 408 g/mol. The van der Waals surface area contributed by atoms with Gasteiger partial charge in [-0.25, -0.2) is 4.39 Å². The van der Waals surface area contributed by atoms with E-state index in [1.165, 1.54) is 13.2 Å². The van der Waals surface area contributed by atoms with E-state index in [1.54, 1.807) is 11.0 Å². The SMILES string of the molecule is COC(=O)[C@@H](CO)NC(C)C1CCC(CN2Cc3ccc(O)c(F)c3C2=O)CC1. The lowest BCUT2D eigenvalue weighted by Crippen LogP contribution is -2.48. The largest absolute Gasteiger partial charge is 0.505 e. The maximum absolute atomic E-state index is 14.1. The summed E-state index contributed by atoms with van der Waals surface area (Å²) in [5.74, 6) is -1.45. The third-order valence-electron chi connectivity index (χ3n) is 6.28. The summed E-state index contributed by atoms with van der Waals surface area (Å²) < 4.78 is 18.8. The van der Waals surface area contributed by atoms with Crippen LogP contribution in [0.4, 0.5) is 4.39 Å². The molecule has 1 aromatic carbocycles. The van der Waals surface area contributed by atoms with E-state index >= 15 is 0 Å². The summed E-state index contributed by atoms with van der Waals surface area (Å²) in [4.78, 5) is 25.9. The molecule has 0 aromatic heterocycles. The summed E-state index contributed by atoms with van der Waals surface area (Å²) in [6.45, 7) is 2.65. The van der Waals surface area contributed by atoms with Crippen LogP contribution in [0.5, 0.6) is 5.75 Å². The van der Waals surface area contributed by atoms with Crippen LogP contribution in [0.25, 0.3) is 0 Å². The van der Waals surface area contributed by atoms with E-state index in [9.17, 15) is 24.2 Å². The molecular formula is C21H29FN2O5. The molecule has 1 amide bonds. The number of aliphatic hydroxyl groups is 1. The Balaban J connectivity index is 1.51. The Morgan fingerprint density at radius 1 is 1.34 bits per heavy atom. The van der Waals surface area contributed by atoms with Crippen LogP contribution in [0.1, 0.15) is 48.5 Å². The highest BCUT2D eigenvalue weighted by atomic mass is 19.1. The predicted octanol–water partition coefficient (Wildman–Crippen LogP) is 1.81. The fraction of sp³-hybridized carbons (Fsp3) is 0.619. The number of hydrogen-bond donors (Lipinski definition) is 3. The zero-order chi connectivity index (χ0) is 21.1. The van der Waals surface area contributed by atoms with Crippen molar-refractivity contribution in [1.29, 1.82) is 0 Å². The molecule has 0 bridgehead atoms. The third-order valence-corrected chi connectivity index (χ3v) is 6.28. The molecule has 0 saturated heterocycles. The first-order valence-electron chi connectivity index (χ1n) is 10.1. The van der Waals surface area contributed by atoms with E-state index in [2.05, 4.69) is 5.32 Å². The van der Waals surface area contributed by atoms with Gasteiger partial charge < -0.3 is 19.8 Å². The van der Waals surface area contributed by atoms with Gasteiger partial charge in [0.1, 0.15) is 6.04 Å². The summed E-state index contributed by atoms with van der Waals surface area (Å²) >= 11 is 0. The number of methoxy groups -OCH3 is 1. The van der Waals surface area contributed by atoms with Crippen LogP contribution >= 0.6 is 0 Å². The minimum atomic E-state index is -0.831. The Kier molecular flexibility index (Phi) is 6.74. The number of nitrogens with zero attached hydrogens (tertiary/aromatic N) is 1. The van der Waals surface area contributed by atoms with Gasteiger partial charge in [-0.3, -0.25) is 14.9 Å². The number of phenolic OH excluding ortho intramolecular Hbond substituents is 1. The minimum absolute atomic E-state index is 0.00522. The number of benzene rings is 1. The number of esters is 1. The van der Waals surface area contributed by atoms with Crippen molar-refractivity contribution in [2.24, 2.45) is 11.8 Å². The van der Waals surface area contributed by atoms with Gasteiger partial charge in [-0.15, -0.1) is 0 Å². The molecule has 3 N–H and O–H groups in total. The van der Waals surface area contributed by atoms with E-state index in [4.69, 9.17) is 4.74 Å². The van der Waals surface area contributed by atoms with Crippen LogP contribution in [0.3, 0.4) is 0 Å². The second-order valence-electron chi connectivity index (χ2n) is 8.11. The number of phenols is 1. The summed E-state index contributed by atoms with van der Waals surface area (Å²) in [7, 11) is 1.30. The lowest BCUT2D eigenvalue weighted by Gasteiger charge is -2.35. The molecule has 1 aliphatic carbocycles. The molecule has 1 aromatic rings. The van der Waals surface area contributed by atoms with Crippen molar-refractivity contribution in [3.8, 4) is 5.75 Å². The lowest BCUT2D eigenvalue weighted by molar-refractivity contribution is -0.144. The number of ether oxygens (including phenoxy) is 1. The highest BCUT2D eigenvalue weighted by Gasteiger charge is 2.35. The molecule has 3 rings (SSSR count). The van der Waals surface area contributed by atoms with Crippen LogP contribution in [0.2, 0.25) is 0 Å². The van der Waals surface area contributed by atoms with E-state index in [0.717, 1.165) is 25.7 Å². The van der Waals surface area contributed by atoms with E-state index in [-0.39, 0.29) is 24.1 Å². The minimum Gasteiger partial charge on any atom is -0.505 e. The normalized spacial score (nSPS) is 23.6. The van der Waals surface area contributed by atoms with Gasteiger partial charge in [0.05, 0.1) is 19.3 Å². The molecular weight excluding hydrogens is 379 g/mol. The zero-order valence-electron chi connectivity index (χ0n) is 16.9. The number of halogens is 1. The van der Waals surface area contributed by atoms with Crippen molar-refractivity contribution in [1.82, 2.24) is 10.2 Å². The Hall–Kier alpha value is -2.19. The summed E-state index contributed by atoms with van der Waals surface area (Å²) in [5.41, 5.74) is 0.615. The van der Waals surface area contributed by atoms with Crippen LogP contribution in [-0.2, 0) is 16.1 Å². The number of hydrogen-bond acceptors (Lipinski definition) is 6. The zero-order valence-corrected chi connectivity index (χ0v) is 16.9. The highest BCUT2D eigenvalue weighted by Crippen LogP contribution is 2.35. The Morgan fingerprint density at radius 3 is 2.66 bits per heavy atom. The number of rotatable bonds is 7. The van der Waals surface area contributed by atoms with Crippen molar-refractivity contribution in [3.05, 3.63) is 29.1 Å². The molecule has 1 saturated carbocycles. The highest BCUT2D eigenvalue weighted by molar-refractivity contribution is 5.99. The van der Waals surface area contributed by atoms with Gasteiger partial charge >= 0.3 is 5.97 Å². The van der Waals surface area contributed by atoms with E-state index in [0.29, 0.717) is 30.5 Å². The second kappa shape index (κ2) is 9.09. The van der Waals surface area contributed by atoms with Gasteiger partial charge in [0.15, 0.2) is 11.6 Å². The first-order valence-corrected chi connectivity index (χ1v) is 10.1. The number of amides is 1. The molecule has 160 valence electrons. The van der Waals surface area contributed by atoms with Crippen LogP contribution < -0.4 is 5.32 Å². The molecule has 2 aliphatic rings. The van der Waals surface area contributed by atoms with Gasteiger partial charge in [-0.05, 0) is 56.1 Å². The average molecular weight is 408 g/mol. The molecule has 7 nitrogen and oxygen atoms in total. The molecule has 1 unspecified atom stereocenters. The Labute approximate surface area is 169 Å². The van der Waals surface area contributed by atoms with Gasteiger partial charge in [0.2, 0.25) is 0 Å². The fourth-order valence-electron chi connectivity index (χ4n) is 4.52. The molecule has 1 fully saturated rings. The summed E-state index contributed by atoms with van der Waals surface area (Å²) in [6.07, 6.45) is 3.77. The van der Waals surface area contributed by atoms with E-state index < -0.39 is 23.6 Å². The van der Waals surface area contributed by atoms with Crippen molar-refractivity contribution >= 4 is 11.9 Å². The fourth-order valence-corrected chi connectivity index (χ4v) is 4.52. The van der Waals surface area contributed by atoms with Gasteiger partial charge in [0.25, 0.3) is 5.91 Å². The Morgan fingerprint density at radius 2 is 2.03 bits per heavy atom. The molecule has 1 heterocycles. The van der Waals surface area contributed by atoms with Gasteiger partial charge in [0, 0.05) is 19.1 Å². The van der Waals surface area contributed by atoms with Crippen LogP contribution in [-0.4, -0.2) is 59.3 Å². The number of fused-ring (bicyclic) bond motifs is 1. The first-order chi connectivity index (χ1) is 13.8. The van der Waals surface area contributed by atoms with Crippen molar-refractivity contribution in [2.45, 2.75) is 51.2 Å². The summed E-state index contributed by atoms with van der Waals surface area (Å²) in [5, 5.41) is 22.0. The van der Waals surface area contributed by atoms with Crippen LogP contribution in [0, 0.1) is 17.7 Å². The van der Waals surface area contributed by atoms with E-state index in [1.807, 2.05) is 6.92 Å². The number of aromatic hydroxyl groups is 1. The molecule has 29 heavy (non-hydrogen) atoms. The quantitative estimate of drug-likeness (QED) is 0.595. The standard InChI is InChI=1S/C21H29FN2O5/c1-12(23-16(11-25)21(28)29-2)14-5-3-13(4-6-14)9-24-10-15-7-8-17(26)19(22)18(15)20(24)27/h7-8,12-14,16,23,25-26H,3-6,9-11H2,1-2H3/t12?,13?,14?,16-/m1/s1. The first kappa shape index (κ1) is 21.5. The van der Waals surface area contributed by atoms with Crippen molar-refractivity contribution in [3.63, 3.8) is 0 Å². The third kappa shape index (κ3) is 4.53. The topological polar surface area (TPSA) is 99.1 Å². The lowest BCUT2D eigenvalue weighted by atomic mass is 9.78. The van der Waals surface area contributed by atoms with Crippen LogP contribution in [0.15, 0.2) is 12.1 Å².